The Morgan fingerprint density at radius 1 is 1.56 bits per heavy atom. The van der Waals surface area contributed by atoms with Crippen molar-refractivity contribution in [2.24, 2.45) is 0 Å². The number of carbonyl (C=O) groups is 1. The number of hydrogen-bond acceptors (Lipinski definition) is 5. The van der Waals surface area contributed by atoms with Crippen molar-refractivity contribution in [2.45, 2.75) is 38.2 Å². The van der Waals surface area contributed by atoms with Crippen molar-refractivity contribution in [2.75, 3.05) is 6.61 Å². The van der Waals surface area contributed by atoms with Gasteiger partial charge in [0.2, 0.25) is 11.7 Å². The van der Waals surface area contributed by atoms with Crippen molar-refractivity contribution >= 4 is 5.97 Å². The molecule has 0 amide bonds. The second-order valence-corrected chi connectivity index (χ2v) is 4.12. The molecule has 0 radical (unpaired) electrons. The largest absolute Gasteiger partial charge is 0.481 e. The van der Waals surface area contributed by atoms with Gasteiger partial charge in [-0.3, -0.25) is 4.79 Å². The molecule has 1 atom stereocenters. The Labute approximate surface area is 92.6 Å². The van der Waals surface area contributed by atoms with E-state index in [-0.39, 0.29) is 12.3 Å². The van der Waals surface area contributed by atoms with Gasteiger partial charge in [-0.1, -0.05) is 5.16 Å². The van der Waals surface area contributed by atoms with E-state index in [4.69, 9.17) is 14.4 Å². The first kappa shape index (κ1) is 11.1. The SMILES string of the molecule is CC1(c2noc(CC(=O)O)n2)CCCCO1. The highest BCUT2D eigenvalue weighted by Gasteiger charge is 2.35. The fourth-order valence-corrected chi connectivity index (χ4v) is 1.78. The molecule has 2 heterocycles. The maximum absolute atomic E-state index is 10.5. The summed E-state index contributed by atoms with van der Waals surface area (Å²) in [6, 6.07) is 0. The van der Waals surface area contributed by atoms with E-state index >= 15 is 0 Å². The van der Waals surface area contributed by atoms with Crippen LogP contribution in [-0.4, -0.2) is 27.8 Å². The van der Waals surface area contributed by atoms with E-state index in [1.54, 1.807) is 0 Å². The van der Waals surface area contributed by atoms with Gasteiger partial charge in [-0.05, 0) is 26.2 Å². The van der Waals surface area contributed by atoms with E-state index in [1.807, 2.05) is 6.92 Å². The van der Waals surface area contributed by atoms with Gasteiger partial charge in [0, 0.05) is 6.61 Å². The molecule has 6 nitrogen and oxygen atoms in total. The van der Waals surface area contributed by atoms with Crippen LogP contribution < -0.4 is 0 Å². The Balaban J connectivity index is 2.13. The summed E-state index contributed by atoms with van der Waals surface area (Å²) in [5.41, 5.74) is -0.529. The van der Waals surface area contributed by atoms with E-state index in [0.29, 0.717) is 12.4 Å². The standard InChI is InChI=1S/C10H14N2O4/c1-10(4-2-3-5-15-10)9-11-7(16-12-9)6-8(13)14/h2-6H2,1H3,(H,13,14). The molecule has 0 aromatic carbocycles. The Hall–Kier alpha value is -1.43. The summed E-state index contributed by atoms with van der Waals surface area (Å²) in [6.45, 7) is 2.58. The number of rotatable bonds is 3. The quantitative estimate of drug-likeness (QED) is 0.831. The molecule has 0 spiro atoms. The second-order valence-electron chi connectivity index (χ2n) is 4.12. The molecule has 1 aromatic rings. The maximum Gasteiger partial charge on any atom is 0.312 e. The van der Waals surface area contributed by atoms with Crippen LogP contribution in [0.1, 0.15) is 37.9 Å². The molecule has 1 aliphatic rings. The van der Waals surface area contributed by atoms with Crippen LogP contribution in [0.3, 0.4) is 0 Å². The monoisotopic (exact) mass is 226 g/mol. The molecule has 2 rings (SSSR count). The molecule has 1 aromatic heterocycles. The zero-order valence-corrected chi connectivity index (χ0v) is 9.10. The van der Waals surface area contributed by atoms with E-state index in [0.717, 1.165) is 19.3 Å². The molecule has 1 saturated heterocycles. The summed E-state index contributed by atoms with van der Waals surface area (Å²) >= 11 is 0. The number of carboxylic acids is 1. The van der Waals surface area contributed by atoms with Crippen molar-refractivity contribution in [3.05, 3.63) is 11.7 Å². The van der Waals surface area contributed by atoms with E-state index in [9.17, 15) is 4.79 Å². The van der Waals surface area contributed by atoms with E-state index < -0.39 is 11.6 Å². The van der Waals surface area contributed by atoms with Crippen molar-refractivity contribution in [1.82, 2.24) is 10.1 Å². The number of nitrogens with zero attached hydrogens (tertiary/aromatic N) is 2. The molecule has 1 unspecified atom stereocenters. The van der Waals surface area contributed by atoms with Crippen LogP contribution >= 0.6 is 0 Å². The van der Waals surface area contributed by atoms with Gasteiger partial charge in [0.05, 0.1) is 0 Å². The zero-order valence-electron chi connectivity index (χ0n) is 9.10. The molecule has 1 aliphatic heterocycles. The molecule has 6 heteroatoms. The smallest absolute Gasteiger partial charge is 0.312 e. The highest BCUT2D eigenvalue weighted by atomic mass is 16.5. The number of hydrogen-bond donors (Lipinski definition) is 1. The van der Waals surface area contributed by atoms with Gasteiger partial charge in [-0.15, -0.1) is 0 Å². The average Bonchev–Trinajstić information content (AvgIpc) is 2.67. The summed E-state index contributed by atoms with van der Waals surface area (Å²) in [4.78, 5) is 14.5. The molecule has 1 N–H and O–H groups in total. The van der Waals surface area contributed by atoms with Crippen LogP contribution in [-0.2, 0) is 21.6 Å². The van der Waals surface area contributed by atoms with Crippen molar-refractivity contribution in [1.29, 1.82) is 0 Å². The van der Waals surface area contributed by atoms with E-state index in [1.165, 1.54) is 0 Å². The van der Waals surface area contributed by atoms with Crippen LogP contribution in [0.4, 0.5) is 0 Å². The molecule has 16 heavy (non-hydrogen) atoms. The van der Waals surface area contributed by atoms with Crippen LogP contribution in [0.25, 0.3) is 0 Å². The molecule has 0 aliphatic carbocycles. The third-order valence-electron chi connectivity index (χ3n) is 2.71. The highest BCUT2D eigenvalue weighted by Crippen LogP contribution is 2.32. The first-order valence-corrected chi connectivity index (χ1v) is 5.29. The molecular weight excluding hydrogens is 212 g/mol. The lowest BCUT2D eigenvalue weighted by molar-refractivity contribution is -0.136. The summed E-state index contributed by atoms with van der Waals surface area (Å²) in [6.07, 6.45) is 2.68. The first-order chi connectivity index (χ1) is 7.60. The molecule has 1 fully saturated rings. The van der Waals surface area contributed by atoms with Crippen LogP contribution in [0.15, 0.2) is 4.52 Å². The minimum atomic E-state index is -0.982. The minimum absolute atomic E-state index is 0.123. The lowest BCUT2D eigenvalue weighted by Gasteiger charge is -2.30. The first-order valence-electron chi connectivity index (χ1n) is 5.29. The Kier molecular flexibility index (Phi) is 2.91. The number of aliphatic carboxylic acids is 1. The number of aromatic nitrogens is 2. The summed E-state index contributed by atoms with van der Waals surface area (Å²) in [5.74, 6) is -0.411. The van der Waals surface area contributed by atoms with Gasteiger partial charge in [0.15, 0.2) is 0 Å². The highest BCUT2D eigenvalue weighted by molar-refractivity contribution is 5.68. The Morgan fingerprint density at radius 2 is 2.38 bits per heavy atom. The fraction of sp³-hybridized carbons (Fsp3) is 0.700. The van der Waals surface area contributed by atoms with Gasteiger partial charge < -0.3 is 14.4 Å². The van der Waals surface area contributed by atoms with Gasteiger partial charge in [0.1, 0.15) is 12.0 Å². The van der Waals surface area contributed by atoms with Crippen molar-refractivity contribution in [3.63, 3.8) is 0 Å². The van der Waals surface area contributed by atoms with Crippen LogP contribution in [0.2, 0.25) is 0 Å². The van der Waals surface area contributed by atoms with Gasteiger partial charge in [-0.25, -0.2) is 0 Å². The number of ether oxygens (including phenoxy) is 1. The van der Waals surface area contributed by atoms with E-state index in [2.05, 4.69) is 10.1 Å². The summed E-state index contributed by atoms with van der Waals surface area (Å²) < 4.78 is 10.5. The Bertz CT molecular complexity index is 382. The molecule has 0 bridgehead atoms. The average molecular weight is 226 g/mol. The van der Waals surface area contributed by atoms with Gasteiger partial charge in [0.25, 0.3) is 0 Å². The maximum atomic E-state index is 10.5. The third kappa shape index (κ3) is 2.21. The van der Waals surface area contributed by atoms with Gasteiger partial charge >= 0.3 is 5.97 Å². The second kappa shape index (κ2) is 4.21. The fourth-order valence-electron chi connectivity index (χ4n) is 1.78. The van der Waals surface area contributed by atoms with Crippen molar-refractivity contribution < 1.29 is 19.2 Å². The molecule has 88 valence electrons. The molecule has 0 saturated carbocycles. The van der Waals surface area contributed by atoms with Gasteiger partial charge in [-0.2, -0.15) is 4.98 Å². The Morgan fingerprint density at radius 3 is 3.00 bits per heavy atom. The predicted octanol–water partition coefficient (Wildman–Crippen LogP) is 1.11. The lowest BCUT2D eigenvalue weighted by atomic mass is 9.95. The normalized spacial score (nSPS) is 25.6. The minimum Gasteiger partial charge on any atom is -0.481 e. The predicted molar refractivity (Wildman–Crippen MR) is 52.8 cm³/mol. The lowest BCUT2D eigenvalue weighted by Crippen LogP contribution is -2.31. The summed E-state index contributed by atoms with van der Waals surface area (Å²) in [7, 11) is 0. The molecular formula is C10H14N2O4. The van der Waals surface area contributed by atoms with Crippen LogP contribution in [0.5, 0.6) is 0 Å². The van der Waals surface area contributed by atoms with Crippen LogP contribution in [0, 0.1) is 0 Å². The third-order valence-corrected chi connectivity index (χ3v) is 2.71. The number of carboxylic acid groups (broad SMARTS) is 1. The summed E-state index contributed by atoms with van der Waals surface area (Å²) in [5, 5.41) is 12.4. The van der Waals surface area contributed by atoms with Crippen molar-refractivity contribution in [3.8, 4) is 0 Å². The topological polar surface area (TPSA) is 85.5 Å². The zero-order chi connectivity index (χ0) is 11.6.